The van der Waals surface area contributed by atoms with Crippen LogP contribution < -0.4 is 20.9 Å². The fourth-order valence-electron chi connectivity index (χ4n) is 5.21. The number of carbonyl (C=O) groups is 1. The summed E-state index contributed by atoms with van der Waals surface area (Å²) in [7, 11) is -4.22. The molecule has 3 aromatic rings. The number of hydrogen-bond donors (Lipinski definition) is 3. The van der Waals surface area contributed by atoms with Crippen molar-refractivity contribution in [3.05, 3.63) is 47.0 Å². The standard InChI is InChI=1S/C28H39N6O9P/c1-15(2)12-18(26(36)39-16(3)4)33-44(37,43-17-10-8-7-9-11-17)38-13-19-21-22(42-28(5,6)41-21)25(40-19)34-14-30-20-23(34)31-27(29)32-24(20)35/h7-11,14-16,18-19,21-22,25H,12-13H2,1-6H3,(H,33,37)(H3,29,31,32,35)/t18-,19+,21?,22?,25?,44?/m0/s1. The highest BCUT2D eigenvalue weighted by molar-refractivity contribution is 7.52. The Morgan fingerprint density at radius 3 is 2.57 bits per heavy atom. The maximum Gasteiger partial charge on any atom is 0.459 e. The normalized spacial score (nSPS) is 24.8. The molecule has 1 aromatic carbocycles. The van der Waals surface area contributed by atoms with Gasteiger partial charge in [-0.15, -0.1) is 0 Å². The number of benzene rings is 1. The summed E-state index contributed by atoms with van der Waals surface area (Å²) in [6.45, 7) is 10.6. The minimum Gasteiger partial charge on any atom is -0.462 e. The van der Waals surface area contributed by atoms with Gasteiger partial charge in [-0.2, -0.15) is 10.1 Å². The number of esters is 1. The summed E-state index contributed by atoms with van der Waals surface area (Å²) in [4.78, 5) is 36.2. The van der Waals surface area contributed by atoms with Gasteiger partial charge in [0.1, 0.15) is 30.1 Å². The van der Waals surface area contributed by atoms with Crippen LogP contribution >= 0.6 is 7.75 Å². The number of para-hydroxylation sites is 1. The number of anilines is 1. The molecule has 2 aliphatic heterocycles. The molecule has 240 valence electrons. The van der Waals surface area contributed by atoms with Crippen LogP contribution in [0.2, 0.25) is 0 Å². The SMILES string of the molecule is CC(C)C[C@H](NP(=O)(OC[C@H]1OC(n2cnc3c(=O)[nH]c(N)nc32)C2OC(C)(C)OC21)Oc1ccccc1)C(=O)OC(C)C. The Hall–Kier alpha value is -3.33. The highest BCUT2D eigenvalue weighted by Gasteiger charge is 2.56. The molecule has 0 spiro atoms. The van der Waals surface area contributed by atoms with Crippen molar-refractivity contribution in [1.29, 1.82) is 0 Å². The molecular weight excluding hydrogens is 595 g/mol. The third kappa shape index (κ3) is 7.14. The molecular formula is C28H39N6O9P. The van der Waals surface area contributed by atoms with E-state index in [1.54, 1.807) is 62.6 Å². The first-order valence-electron chi connectivity index (χ1n) is 14.4. The third-order valence-electron chi connectivity index (χ3n) is 6.89. The molecule has 0 radical (unpaired) electrons. The Morgan fingerprint density at radius 2 is 1.89 bits per heavy atom. The van der Waals surface area contributed by atoms with Gasteiger partial charge in [0.2, 0.25) is 5.95 Å². The number of H-pyrrole nitrogens is 1. The first-order chi connectivity index (χ1) is 20.7. The van der Waals surface area contributed by atoms with Crippen LogP contribution in [0.3, 0.4) is 0 Å². The van der Waals surface area contributed by atoms with Gasteiger partial charge < -0.3 is 29.2 Å². The summed E-state index contributed by atoms with van der Waals surface area (Å²) in [5.74, 6) is -1.31. The predicted molar refractivity (Wildman–Crippen MR) is 159 cm³/mol. The molecule has 15 nitrogen and oxygen atoms in total. The van der Waals surface area contributed by atoms with Crippen molar-refractivity contribution in [2.24, 2.45) is 5.92 Å². The molecule has 5 rings (SSSR count). The van der Waals surface area contributed by atoms with Crippen LogP contribution in [0, 0.1) is 5.92 Å². The van der Waals surface area contributed by atoms with Gasteiger partial charge in [0, 0.05) is 0 Å². The molecule has 4 N–H and O–H groups in total. The van der Waals surface area contributed by atoms with Crippen molar-refractivity contribution in [3.63, 3.8) is 0 Å². The summed E-state index contributed by atoms with van der Waals surface area (Å²) in [6.07, 6.45) is -1.65. The Balaban J connectivity index is 1.42. The van der Waals surface area contributed by atoms with E-state index >= 15 is 0 Å². The van der Waals surface area contributed by atoms with E-state index in [1.807, 2.05) is 13.8 Å². The van der Waals surface area contributed by atoms with Crippen LogP contribution in [-0.2, 0) is 32.8 Å². The zero-order valence-corrected chi connectivity index (χ0v) is 26.4. The number of fused-ring (bicyclic) bond motifs is 2. The van der Waals surface area contributed by atoms with Gasteiger partial charge in [-0.05, 0) is 52.2 Å². The van der Waals surface area contributed by atoms with E-state index < -0.39 is 55.6 Å². The second-order valence-corrected chi connectivity index (χ2v) is 13.6. The number of imidazole rings is 1. The van der Waals surface area contributed by atoms with Crippen LogP contribution in [0.25, 0.3) is 11.2 Å². The highest BCUT2D eigenvalue weighted by Crippen LogP contribution is 2.48. The molecule has 44 heavy (non-hydrogen) atoms. The zero-order chi connectivity index (χ0) is 31.8. The van der Waals surface area contributed by atoms with Gasteiger partial charge in [-0.3, -0.25) is 23.7 Å². The Morgan fingerprint density at radius 1 is 1.18 bits per heavy atom. The molecule has 16 heteroatoms. The van der Waals surface area contributed by atoms with Gasteiger partial charge in [0.15, 0.2) is 23.2 Å². The van der Waals surface area contributed by atoms with E-state index in [0.717, 1.165) is 0 Å². The minimum absolute atomic E-state index is 0.0585. The van der Waals surface area contributed by atoms with Crippen LogP contribution in [0.5, 0.6) is 5.75 Å². The summed E-state index contributed by atoms with van der Waals surface area (Å²) in [5, 5.41) is 2.82. The average Bonchev–Trinajstić information content (AvgIpc) is 3.57. The first-order valence-corrected chi connectivity index (χ1v) is 16.0. The van der Waals surface area contributed by atoms with E-state index in [0.29, 0.717) is 6.42 Å². The summed E-state index contributed by atoms with van der Waals surface area (Å²) in [6, 6.07) is 7.51. The number of rotatable bonds is 12. The molecule has 2 saturated heterocycles. The first kappa shape index (κ1) is 32.1. The Kier molecular flexibility index (Phi) is 9.17. The lowest BCUT2D eigenvalue weighted by Crippen LogP contribution is -2.40. The van der Waals surface area contributed by atoms with Crippen molar-refractivity contribution >= 4 is 30.8 Å². The van der Waals surface area contributed by atoms with Gasteiger partial charge in [-0.25, -0.2) is 9.55 Å². The molecule has 2 fully saturated rings. The molecule has 4 heterocycles. The lowest BCUT2D eigenvalue weighted by molar-refractivity contribution is -0.199. The second-order valence-electron chi connectivity index (χ2n) is 11.9. The largest absolute Gasteiger partial charge is 0.462 e. The zero-order valence-electron chi connectivity index (χ0n) is 25.5. The molecule has 0 bridgehead atoms. The van der Waals surface area contributed by atoms with Crippen molar-refractivity contribution in [1.82, 2.24) is 24.6 Å². The fraction of sp³-hybridized carbons (Fsp3) is 0.571. The van der Waals surface area contributed by atoms with E-state index in [-0.39, 0.29) is 41.5 Å². The van der Waals surface area contributed by atoms with Gasteiger partial charge in [0.25, 0.3) is 5.56 Å². The number of aromatic nitrogens is 4. The number of nitrogen functional groups attached to an aromatic ring is 1. The molecule has 0 aliphatic carbocycles. The topological polar surface area (TPSA) is 191 Å². The number of nitrogens with zero attached hydrogens (tertiary/aromatic N) is 3. The number of aromatic amines is 1. The molecule has 2 aromatic heterocycles. The van der Waals surface area contributed by atoms with E-state index in [4.69, 9.17) is 33.7 Å². The number of hydrogen-bond acceptors (Lipinski definition) is 12. The van der Waals surface area contributed by atoms with E-state index in [1.165, 1.54) is 6.33 Å². The second kappa shape index (κ2) is 12.6. The third-order valence-corrected chi connectivity index (χ3v) is 8.45. The predicted octanol–water partition coefficient (Wildman–Crippen LogP) is 3.28. The van der Waals surface area contributed by atoms with Crippen LogP contribution in [0.1, 0.15) is 54.2 Å². The minimum atomic E-state index is -4.22. The number of nitrogens with two attached hydrogens (primary N) is 1. The lowest BCUT2D eigenvalue weighted by Gasteiger charge is -2.28. The fourth-order valence-corrected chi connectivity index (χ4v) is 6.72. The van der Waals surface area contributed by atoms with E-state index in [2.05, 4.69) is 20.0 Å². The monoisotopic (exact) mass is 634 g/mol. The number of ether oxygens (including phenoxy) is 4. The average molecular weight is 635 g/mol. The Labute approximate surface area is 254 Å². The highest BCUT2D eigenvalue weighted by atomic mass is 31.2. The maximum absolute atomic E-state index is 14.3. The van der Waals surface area contributed by atoms with Gasteiger partial charge in [-0.1, -0.05) is 32.0 Å². The lowest BCUT2D eigenvalue weighted by atomic mass is 10.0. The van der Waals surface area contributed by atoms with Crippen LogP contribution in [-0.4, -0.2) is 68.3 Å². The van der Waals surface area contributed by atoms with Crippen LogP contribution in [0.15, 0.2) is 41.5 Å². The van der Waals surface area contributed by atoms with Crippen molar-refractivity contribution in [2.45, 2.75) is 90.4 Å². The molecule has 0 amide bonds. The Bertz CT molecular complexity index is 1580. The van der Waals surface area contributed by atoms with Crippen molar-refractivity contribution in [3.8, 4) is 5.75 Å². The van der Waals surface area contributed by atoms with Crippen molar-refractivity contribution < 1.29 is 37.4 Å². The van der Waals surface area contributed by atoms with Crippen LogP contribution in [0.4, 0.5) is 5.95 Å². The van der Waals surface area contributed by atoms with Gasteiger partial charge >= 0.3 is 13.7 Å². The van der Waals surface area contributed by atoms with Crippen molar-refractivity contribution in [2.75, 3.05) is 12.3 Å². The number of carbonyl (C=O) groups excluding carboxylic acids is 1. The summed E-state index contributed by atoms with van der Waals surface area (Å²) in [5.41, 5.74) is 5.57. The maximum atomic E-state index is 14.3. The molecule has 4 unspecified atom stereocenters. The van der Waals surface area contributed by atoms with Gasteiger partial charge in [0.05, 0.1) is 19.0 Å². The summed E-state index contributed by atoms with van der Waals surface area (Å²) < 4.78 is 51.9. The summed E-state index contributed by atoms with van der Waals surface area (Å²) >= 11 is 0. The molecule has 2 aliphatic rings. The number of nitrogens with one attached hydrogen (secondary N) is 2. The smallest absolute Gasteiger partial charge is 0.459 e. The molecule has 6 atom stereocenters. The molecule has 0 saturated carbocycles. The van der Waals surface area contributed by atoms with E-state index in [9.17, 15) is 14.2 Å². The quantitative estimate of drug-likeness (QED) is 0.194.